The van der Waals surface area contributed by atoms with E-state index in [1.807, 2.05) is 6.07 Å². The minimum atomic E-state index is -0.986. The highest BCUT2D eigenvalue weighted by Crippen LogP contribution is 2.41. The number of hydrogen-bond donors (Lipinski definition) is 0. The number of benzene rings is 2. The third-order valence-corrected chi connectivity index (χ3v) is 7.36. The first-order valence-electron chi connectivity index (χ1n) is 11.8. The third-order valence-electron chi connectivity index (χ3n) is 7.36. The molecule has 0 spiro atoms. The van der Waals surface area contributed by atoms with Crippen molar-refractivity contribution in [2.75, 3.05) is 0 Å². The Bertz CT molecular complexity index is 974. The van der Waals surface area contributed by atoms with Crippen LogP contribution < -0.4 is 0 Å². The molecule has 3 heteroatoms. The zero-order valence-corrected chi connectivity index (χ0v) is 18.3. The Balaban J connectivity index is 1.43. The second kappa shape index (κ2) is 9.94. The first kappa shape index (κ1) is 22.0. The summed E-state index contributed by atoms with van der Waals surface area (Å²) in [5.41, 5.74) is 2.46. The summed E-state index contributed by atoms with van der Waals surface area (Å²) in [4.78, 5) is 0. The number of aryl methyl sites for hydroxylation is 1. The Morgan fingerprint density at radius 2 is 1.61 bits per heavy atom. The van der Waals surface area contributed by atoms with Crippen LogP contribution in [0.4, 0.5) is 13.2 Å². The minimum absolute atomic E-state index is 0.0493. The van der Waals surface area contributed by atoms with Gasteiger partial charge in [0.15, 0.2) is 11.6 Å². The lowest BCUT2D eigenvalue weighted by Crippen LogP contribution is -2.26. The van der Waals surface area contributed by atoms with E-state index in [9.17, 15) is 13.2 Å². The van der Waals surface area contributed by atoms with Crippen molar-refractivity contribution in [1.82, 2.24) is 0 Å². The third kappa shape index (κ3) is 5.17. The van der Waals surface area contributed by atoms with Crippen LogP contribution in [-0.4, -0.2) is 0 Å². The average molecular weight is 425 g/mol. The molecule has 1 atom stereocenters. The fourth-order valence-electron chi connectivity index (χ4n) is 5.48. The normalized spacial score (nSPS) is 23.0. The number of fused-ring (bicyclic) bond motifs is 1. The van der Waals surface area contributed by atoms with Gasteiger partial charge in [0.05, 0.1) is 11.1 Å². The van der Waals surface area contributed by atoms with Gasteiger partial charge >= 0.3 is 0 Å². The van der Waals surface area contributed by atoms with Gasteiger partial charge in [-0.15, -0.1) is 0 Å². The molecule has 2 aromatic rings. The molecule has 1 unspecified atom stereocenters. The van der Waals surface area contributed by atoms with Crippen LogP contribution in [0.15, 0.2) is 30.3 Å². The van der Waals surface area contributed by atoms with E-state index in [1.165, 1.54) is 57.1 Å². The molecule has 0 saturated heterocycles. The van der Waals surface area contributed by atoms with Crippen molar-refractivity contribution in [3.63, 3.8) is 0 Å². The van der Waals surface area contributed by atoms with Gasteiger partial charge < -0.3 is 0 Å². The van der Waals surface area contributed by atoms with Crippen molar-refractivity contribution >= 4 is 0 Å². The summed E-state index contributed by atoms with van der Waals surface area (Å²) < 4.78 is 41.9. The minimum Gasteiger partial charge on any atom is -0.206 e. The van der Waals surface area contributed by atoms with Crippen LogP contribution in [0.2, 0.25) is 0 Å². The summed E-state index contributed by atoms with van der Waals surface area (Å²) in [5, 5.41) is 0. The molecule has 0 amide bonds. The quantitative estimate of drug-likeness (QED) is 0.443. The summed E-state index contributed by atoms with van der Waals surface area (Å²) in [7, 11) is 0. The van der Waals surface area contributed by atoms with Gasteiger partial charge in [0, 0.05) is 0 Å². The maximum atomic E-state index is 14.7. The largest absolute Gasteiger partial charge is 0.206 e. The summed E-state index contributed by atoms with van der Waals surface area (Å²) in [6, 6.07) is 7.30. The van der Waals surface area contributed by atoms with Crippen molar-refractivity contribution in [1.29, 1.82) is 0 Å². The average Bonchev–Trinajstić information content (AvgIpc) is 2.78. The number of rotatable bonds is 4. The molecule has 4 rings (SSSR count). The first-order chi connectivity index (χ1) is 15.0. The molecule has 0 N–H and O–H groups in total. The van der Waals surface area contributed by atoms with Crippen LogP contribution in [0.1, 0.15) is 80.5 Å². The first-order valence-corrected chi connectivity index (χ1v) is 11.8. The Kier molecular flexibility index (Phi) is 7.06. The monoisotopic (exact) mass is 424 g/mol. The van der Waals surface area contributed by atoms with Gasteiger partial charge in [-0.25, -0.2) is 13.2 Å². The molecule has 1 fully saturated rings. The second-order valence-electron chi connectivity index (χ2n) is 9.38. The molecule has 0 radical (unpaired) electrons. The van der Waals surface area contributed by atoms with Gasteiger partial charge in [-0.1, -0.05) is 56.9 Å². The molecule has 2 aliphatic rings. The highest BCUT2D eigenvalue weighted by molar-refractivity contribution is 5.47. The standard InChI is InChI=1S/C28H31F3/c1-2-3-5-19-8-10-20(11-9-19)22-13-14-23-16-24(27(30)18-25(23)17-22)15-12-21-6-4-7-26(29)28(21)31/h4,6-7,16,18-20,22H,2-3,5,8-11,13-14,17H2,1H3. The van der Waals surface area contributed by atoms with Crippen molar-refractivity contribution in [2.24, 2.45) is 17.8 Å². The van der Waals surface area contributed by atoms with Gasteiger partial charge in [0.1, 0.15) is 5.82 Å². The lowest BCUT2D eigenvalue weighted by molar-refractivity contribution is 0.183. The van der Waals surface area contributed by atoms with Gasteiger partial charge in [-0.05, 0) is 85.3 Å². The van der Waals surface area contributed by atoms with E-state index in [-0.39, 0.29) is 16.9 Å². The Labute approximate surface area is 184 Å². The summed E-state index contributed by atoms with van der Waals surface area (Å²) >= 11 is 0. The fourth-order valence-corrected chi connectivity index (χ4v) is 5.48. The molecule has 164 valence electrons. The smallest absolute Gasteiger partial charge is 0.174 e. The van der Waals surface area contributed by atoms with E-state index in [0.717, 1.165) is 48.3 Å². The summed E-state index contributed by atoms with van der Waals surface area (Å²) in [6.45, 7) is 2.26. The van der Waals surface area contributed by atoms with Gasteiger partial charge in [0.2, 0.25) is 0 Å². The van der Waals surface area contributed by atoms with Gasteiger partial charge in [-0.3, -0.25) is 0 Å². The fraction of sp³-hybridized carbons (Fsp3) is 0.500. The van der Waals surface area contributed by atoms with E-state index >= 15 is 0 Å². The molecule has 0 aliphatic heterocycles. The van der Waals surface area contributed by atoms with Crippen LogP contribution >= 0.6 is 0 Å². The predicted molar refractivity (Wildman–Crippen MR) is 119 cm³/mol. The van der Waals surface area contributed by atoms with Crippen LogP contribution in [0, 0.1) is 47.0 Å². The van der Waals surface area contributed by atoms with Crippen LogP contribution in [0.25, 0.3) is 0 Å². The number of hydrogen-bond acceptors (Lipinski definition) is 0. The zero-order chi connectivity index (χ0) is 21.8. The maximum absolute atomic E-state index is 14.7. The van der Waals surface area contributed by atoms with Crippen LogP contribution in [0.3, 0.4) is 0 Å². The summed E-state index contributed by atoms with van der Waals surface area (Å²) in [5.74, 6) is 5.34. The van der Waals surface area contributed by atoms with E-state index in [1.54, 1.807) is 6.07 Å². The number of unbranched alkanes of at least 4 members (excludes halogenated alkanes) is 1. The van der Waals surface area contributed by atoms with Gasteiger partial charge in [0.25, 0.3) is 0 Å². The Morgan fingerprint density at radius 3 is 2.39 bits per heavy atom. The molecule has 0 heterocycles. The van der Waals surface area contributed by atoms with Crippen molar-refractivity contribution in [2.45, 2.75) is 71.1 Å². The molecule has 2 aromatic carbocycles. The van der Waals surface area contributed by atoms with Crippen LogP contribution in [0.5, 0.6) is 0 Å². The molecule has 0 nitrogen and oxygen atoms in total. The van der Waals surface area contributed by atoms with E-state index in [2.05, 4.69) is 18.8 Å². The van der Waals surface area contributed by atoms with E-state index < -0.39 is 11.6 Å². The van der Waals surface area contributed by atoms with E-state index in [0.29, 0.717) is 5.92 Å². The highest BCUT2D eigenvalue weighted by atomic mass is 19.2. The Morgan fingerprint density at radius 1 is 0.839 bits per heavy atom. The summed E-state index contributed by atoms with van der Waals surface area (Å²) in [6.07, 6.45) is 12.4. The van der Waals surface area contributed by atoms with Gasteiger partial charge in [-0.2, -0.15) is 0 Å². The molecular weight excluding hydrogens is 393 g/mol. The maximum Gasteiger partial charge on any atom is 0.174 e. The molecular formula is C28H31F3. The van der Waals surface area contributed by atoms with Crippen molar-refractivity contribution in [3.8, 4) is 11.8 Å². The SMILES string of the molecule is CCCCC1CCC(C2CCc3cc(C#Cc4cccc(F)c4F)c(F)cc3C2)CC1. The van der Waals surface area contributed by atoms with Crippen LogP contribution in [-0.2, 0) is 12.8 Å². The Hall–Kier alpha value is -2.21. The lowest BCUT2D eigenvalue weighted by atomic mass is 9.69. The zero-order valence-electron chi connectivity index (χ0n) is 18.3. The van der Waals surface area contributed by atoms with Crippen molar-refractivity contribution < 1.29 is 13.2 Å². The molecule has 0 bridgehead atoms. The number of halogens is 3. The second-order valence-corrected chi connectivity index (χ2v) is 9.38. The van der Waals surface area contributed by atoms with E-state index in [4.69, 9.17) is 0 Å². The topological polar surface area (TPSA) is 0 Å². The van der Waals surface area contributed by atoms with Crippen molar-refractivity contribution in [3.05, 3.63) is 70.0 Å². The molecule has 31 heavy (non-hydrogen) atoms. The molecule has 1 saturated carbocycles. The molecule has 2 aliphatic carbocycles. The highest BCUT2D eigenvalue weighted by Gasteiger charge is 2.30. The predicted octanol–water partition coefficient (Wildman–Crippen LogP) is 7.61. The molecule has 0 aromatic heterocycles. The lowest BCUT2D eigenvalue weighted by Gasteiger charge is -2.36.